The van der Waals surface area contributed by atoms with Crippen molar-refractivity contribution in [3.63, 3.8) is 0 Å². The number of ether oxygens (including phenoxy) is 1. The summed E-state index contributed by atoms with van der Waals surface area (Å²) in [5, 5.41) is 14.0. The van der Waals surface area contributed by atoms with Crippen molar-refractivity contribution in [3.05, 3.63) is 31.6 Å². The fourth-order valence-electron chi connectivity index (χ4n) is 2.14. The SMILES string of the molecule is CC(Nc1cc(F)c(I)cc1[N+](=O)[O-])C1CCCO1. The van der Waals surface area contributed by atoms with Gasteiger partial charge in [0.2, 0.25) is 0 Å². The second-order valence-corrected chi connectivity index (χ2v) is 5.69. The Balaban J connectivity index is 2.22. The van der Waals surface area contributed by atoms with Crippen molar-refractivity contribution < 1.29 is 14.1 Å². The van der Waals surface area contributed by atoms with E-state index in [9.17, 15) is 14.5 Å². The van der Waals surface area contributed by atoms with Crippen LogP contribution in [0, 0.1) is 19.5 Å². The molecule has 1 aromatic rings. The first kappa shape index (κ1) is 14.4. The first-order valence-electron chi connectivity index (χ1n) is 6.00. The molecule has 7 heteroatoms. The van der Waals surface area contributed by atoms with E-state index < -0.39 is 10.7 Å². The maximum absolute atomic E-state index is 13.5. The highest BCUT2D eigenvalue weighted by molar-refractivity contribution is 14.1. The molecule has 5 nitrogen and oxygen atoms in total. The molecule has 2 rings (SSSR count). The Morgan fingerprint density at radius 1 is 1.63 bits per heavy atom. The molecule has 1 aromatic carbocycles. The van der Waals surface area contributed by atoms with Gasteiger partial charge >= 0.3 is 0 Å². The van der Waals surface area contributed by atoms with E-state index >= 15 is 0 Å². The van der Waals surface area contributed by atoms with Gasteiger partial charge in [0.15, 0.2) is 0 Å². The van der Waals surface area contributed by atoms with Crippen LogP contribution in [0.25, 0.3) is 0 Å². The predicted molar refractivity (Wildman–Crippen MR) is 77.8 cm³/mol. The summed E-state index contributed by atoms with van der Waals surface area (Å²) in [4.78, 5) is 10.5. The molecule has 0 spiro atoms. The van der Waals surface area contributed by atoms with Gasteiger partial charge in [-0.3, -0.25) is 10.1 Å². The molecular formula is C12H14FIN2O3. The normalized spacial score (nSPS) is 20.3. The Kier molecular flexibility index (Phi) is 4.56. The van der Waals surface area contributed by atoms with Gasteiger partial charge in [-0.25, -0.2) is 4.39 Å². The van der Waals surface area contributed by atoms with Gasteiger partial charge in [0.1, 0.15) is 11.5 Å². The Morgan fingerprint density at radius 3 is 2.95 bits per heavy atom. The highest BCUT2D eigenvalue weighted by atomic mass is 127. The van der Waals surface area contributed by atoms with Crippen LogP contribution in [0.5, 0.6) is 0 Å². The molecule has 0 aliphatic carbocycles. The Bertz CT molecular complexity index is 492. The largest absolute Gasteiger partial charge is 0.376 e. The fourth-order valence-corrected chi connectivity index (χ4v) is 2.59. The van der Waals surface area contributed by atoms with Crippen LogP contribution < -0.4 is 5.32 Å². The monoisotopic (exact) mass is 380 g/mol. The molecule has 1 fully saturated rings. The van der Waals surface area contributed by atoms with Crippen LogP contribution >= 0.6 is 22.6 Å². The number of halogens is 2. The van der Waals surface area contributed by atoms with Crippen molar-refractivity contribution in [2.45, 2.75) is 31.9 Å². The number of hydrogen-bond donors (Lipinski definition) is 1. The minimum absolute atomic E-state index is 0.0157. The lowest BCUT2D eigenvalue weighted by molar-refractivity contribution is -0.384. The number of rotatable bonds is 4. The molecule has 0 radical (unpaired) electrons. The zero-order valence-electron chi connectivity index (χ0n) is 10.4. The molecule has 1 heterocycles. The van der Waals surface area contributed by atoms with Crippen LogP contribution in [0.4, 0.5) is 15.8 Å². The van der Waals surface area contributed by atoms with Crippen molar-refractivity contribution in [2.24, 2.45) is 0 Å². The summed E-state index contributed by atoms with van der Waals surface area (Å²) >= 11 is 1.74. The van der Waals surface area contributed by atoms with Crippen molar-refractivity contribution >= 4 is 34.0 Å². The number of nitrogens with zero attached hydrogens (tertiary/aromatic N) is 1. The van der Waals surface area contributed by atoms with Crippen LogP contribution in [0.15, 0.2) is 12.1 Å². The highest BCUT2D eigenvalue weighted by Gasteiger charge is 2.25. The molecule has 0 saturated carbocycles. The predicted octanol–water partition coefficient (Wildman–Crippen LogP) is 3.32. The minimum atomic E-state index is -0.508. The van der Waals surface area contributed by atoms with E-state index in [-0.39, 0.29) is 27.1 Å². The molecule has 1 aliphatic heterocycles. The molecule has 2 unspecified atom stereocenters. The summed E-state index contributed by atoms with van der Waals surface area (Å²) in [6.07, 6.45) is 1.91. The standard InChI is InChI=1S/C12H14FIN2O3/c1-7(12-3-2-4-19-12)15-10-5-8(13)9(14)6-11(10)16(17)18/h5-7,12,15H,2-4H2,1H3. The van der Waals surface area contributed by atoms with E-state index in [1.54, 1.807) is 22.6 Å². The maximum atomic E-state index is 13.5. The van der Waals surface area contributed by atoms with Gasteiger partial charge in [-0.2, -0.15) is 0 Å². The minimum Gasteiger partial charge on any atom is -0.376 e. The number of nitro groups is 1. The van der Waals surface area contributed by atoms with E-state index in [1.807, 2.05) is 6.92 Å². The second-order valence-electron chi connectivity index (χ2n) is 4.53. The van der Waals surface area contributed by atoms with Gasteiger partial charge in [0, 0.05) is 24.8 Å². The third kappa shape index (κ3) is 3.33. The van der Waals surface area contributed by atoms with Crippen LogP contribution in [-0.2, 0) is 4.74 Å². The molecule has 1 N–H and O–H groups in total. The topological polar surface area (TPSA) is 64.4 Å². The lowest BCUT2D eigenvalue weighted by atomic mass is 10.1. The zero-order valence-corrected chi connectivity index (χ0v) is 12.5. The van der Waals surface area contributed by atoms with Gasteiger partial charge in [0.05, 0.1) is 14.6 Å². The van der Waals surface area contributed by atoms with Gasteiger partial charge < -0.3 is 10.1 Å². The first-order valence-corrected chi connectivity index (χ1v) is 7.08. The third-order valence-corrected chi connectivity index (χ3v) is 3.97. The molecule has 1 aliphatic rings. The number of nitro benzene ring substituents is 1. The van der Waals surface area contributed by atoms with Crippen molar-refractivity contribution in [1.29, 1.82) is 0 Å². The molecule has 0 aromatic heterocycles. The van der Waals surface area contributed by atoms with Crippen molar-refractivity contribution in [3.8, 4) is 0 Å². The van der Waals surface area contributed by atoms with Crippen LogP contribution in [0.3, 0.4) is 0 Å². The summed E-state index contributed by atoms with van der Waals surface area (Å²) in [6.45, 7) is 2.59. The molecule has 0 bridgehead atoms. The number of anilines is 1. The first-order chi connectivity index (χ1) is 8.99. The van der Waals surface area contributed by atoms with E-state index in [1.165, 1.54) is 12.1 Å². The Hall–Kier alpha value is -0.960. The van der Waals surface area contributed by atoms with Gasteiger partial charge in [-0.1, -0.05) is 0 Å². The third-order valence-electron chi connectivity index (χ3n) is 3.14. The van der Waals surface area contributed by atoms with Crippen LogP contribution in [-0.4, -0.2) is 23.7 Å². The van der Waals surface area contributed by atoms with Crippen LogP contribution in [0.1, 0.15) is 19.8 Å². The lowest BCUT2D eigenvalue weighted by Gasteiger charge is -2.21. The van der Waals surface area contributed by atoms with Crippen LogP contribution in [0.2, 0.25) is 0 Å². The average molecular weight is 380 g/mol. The Morgan fingerprint density at radius 2 is 2.37 bits per heavy atom. The molecule has 104 valence electrons. The molecule has 1 saturated heterocycles. The van der Waals surface area contributed by atoms with E-state index in [4.69, 9.17) is 4.74 Å². The average Bonchev–Trinajstić information content (AvgIpc) is 2.86. The van der Waals surface area contributed by atoms with E-state index in [0.29, 0.717) is 6.61 Å². The summed E-state index contributed by atoms with van der Waals surface area (Å²) in [5.41, 5.74) is 0.0848. The highest BCUT2D eigenvalue weighted by Crippen LogP contribution is 2.30. The van der Waals surface area contributed by atoms with Gasteiger partial charge in [-0.15, -0.1) is 0 Å². The summed E-state index contributed by atoms with van der Waals surface area (Å²) in [6, 6.07) is 2.31. The smallest absolute Gasteiger partial charge is 0.293 e. The van der Waals surface area contributed by atoms with E-state index in [0.717, 1.165) is 12.8 Å². The Labute approximate surface area is 123 Å². The van der Waals surface area contributed by atoms with Crippen molar-refractivity contribution in [1.82, 2.24) is 0 Å². The molecule has 0 amide bonds. The maximum Gasteiger partial charge on any atom is 0.293 e. The fraction of sp³-hybridized carbons (Fsp3) is 0.500. The molecule has 19 heavy (non-hydrogen) atoms. The number of nitrogens with one attached hydrogen (secondary N) is 1. The van der Waals surface area contributed by atoms with Crippen molar-refractivity contribution in [2.75, 3.05) is 11.9 Å². The van der Waals surface area contributed by atoms with Gasteiger partial charge in [0.25, 0.3) is 5.69 Å². The molecule has 2 atom stereocenters. The summed E-state index contributed by atoms with van der Waals surface area (Å²) in [7, 11) is 0. The summed E-state index contributed by atoms with van der Waals surface area (Å²) in [5.74, 6) is -0.465. The zero-order chi connectivity index (χ0) is 14.0. The van der Waals surface area contributed by atoms with E-state index in [2.05, 4.69) is 5.32 Å². The second kappa shape index (κ2) is 6.00. The quantitative estimate of drug-likeness (QED) is 0.495. The summed E-state index contributed by atoms with van der Waals surface area (Å²) < 4.78 is 19.3. The lowest BCUT2D eigenvalue weighted by Crippen LogP contribution is -2.30. The molecular weight excluding hydrogens is 366 g/mol. The number of hydrogen-bond acceptors (Lipinski definition) is 4. The van der Waals surface area contributed by atoms with Gasteiger partial charge in [-0.05, 0) is 42.4 Å². The number of benzene rings is 1.